The van der Waals surface area contributed by atoms with Crippen LogP contribution in [0.2, 0.25) is 0 Å². The summed E-state index contributed by atoms with van der Waals surface area (Å²) in [4.78, 5) is 0. The van der Waals surface area contributed by atoms with E-state index in [9.17, 15) is 0 Å². The summed E-state index contributed by atoms with van der Waals surface area (Å²) < 4.78 is 18.1. The van der Waals surface area contributed by atoms with E-state index in [0.717, 1.165) is 11.7 Å². The Kier molecular flexibility index (Phi) is 8.39. The van der Waals surface area contributed by atoms with Crippen molar-refractivity contribution in [3.05, 3.63) is 109 Å². The zero-order valence-corrected chi connectivity index (χ0v) is 23.7. The van der Waals surface area contributed by atoms with Crippen LogP contribution in [0.25, 0.3) is 0 Å². The molecule has 188 valence electrons. The molecule has 0 aliphatic rings. The minimum atomic E-state index is -3.15. The monoisotopic (exact) mass is 564 g/mol. The minimum absolute atomic E-state index is 0.537. The van der Waals surface area contributed by atoms with Crippen molar-refractivity contribution in [2.75, 3.05) is 19.8 Å². The van der Waals surface area contributed by atoms with Crippen molar-refractivity contribution in [2.24, 2.45) is 0 Å². The van der Waals surface area contributed by atoms with Crippen LogP contribution in [0.15, 0.2) is 103 Å². The number of hydrogen-bond acceptors (Lipinski definition) is 3. The first-order valence-electron chi connectivity index (χ1n) is 12.5. The van der Waals surface area contributed by atoms with E-state index in [4.69, 9.17) is 14.2 Å². The molecular weight excluding hydrogens is 531 g/mol. The van der Waals surface area contributed by atoms with Gasteiger partial charge in [0.05, 0.1) is 0 Å². The van der Waals surface area contributed by atoms with Crippen molar-refractivity contribution in [1.29, 1.82) is 0 Å². The number of halogens is 1. The Morgan fingerprint density at radius 1 is 0.556 bits per heavy atom. The Morgan fingerprint density at radius 2 is 0.917 bits per heavy atom. The summed E-state index contributed by atoms with van der Waals surface area (Å²) in [6, 6.07) is 36.7. The molecule has 0 spiro atoms. The molecule has 0 aromatic heterocycles. The van der Waals surface area contributed by atoms with Gasteiger partial charge in [0, 0.05) is 0 Å². The first-order chi connectivity index (χ1) is 17.5. The maximum atomic E-state index is 6.08. The molecule has 4 aromatic carbocycles. The zero-order chi connectivity index (χ0) is 25.5. The van der Waals surface area contributed by atoms with Crippen LogP contribution in [0.5, 0.6) is 17.2 Å². The van der Waals surface area contributed by atoms with Crippen LogP contribution in [-0.2, 0) is 6.16 Å². The summed E-state index contributed by atoms with van der Waals surface area (Å²) in [7, 11) is 0. The third-order valence-electron chi connectivity index (χ3n) is 6.33. The van der Waals surface area contributed by atoms with E-state index in [1.807, 2.05) is 20.8 Å². The second-order valence-electron chi connectivity index (χ2n) is 8.57. The summed E-state index contributed by atoms with van der Waals surface area (Å²) in [5.74, 6) is 2.10. The summed E-state index contributed by atoms with van der Waals surface area (Å²) in [5, 5.41) is 0.653. The Balaban J connectivity index is 2.04. The molecule has 0 amide bonds. The van der Waals surface area contributed by atoms with Crippen molar-refractivity contribution in [3.8, 4) is 17.2 Å². The van der Waals surface area contributed by atoms with E-state index in [-0.39, 0.29) is 0 Å². The van der Waals surface area contributed by atoms with Crippen LogP contribution in [0.3, 0.4) is 0 Å². The van der Waals surface area contributed by atoms with Crippen LogP contribution in [0, 0.1) is 0 Å². The third-order valence-corrected chi connectivity index (χ3v) is 15.9. The first-order valence-corrected chi connectivity index (χ1v) is 16.9. The van der Waals surface area contributed by atoms with Crippen LogP contribution >= 0.6 is 20.8 Å². The Labute approximate surface area is 223 Å². The molecule has 5 heteroatoms. The molecule has 0 saturated carbocycles. The molecule has 0 aliphatic carbocycles. The number of rotatable bonds is 11. The van der Waals surface area contributed by atoms with Crippen molar-refractivity contribution >= 4 is 36.7 Å². The average Bonchev–Trinajstić information content (AvgIpc) is 2.92. The Hall–Kier alpha value is -2.81. The summed E-state index contributed by atoms with van der Waals surface area (Å²) in [6.07, 6.45) is 0.746. The van der Waals surface area contributed by atoms with Gasteiger partial charge in [-0.1, -0.05) is 0 Å². The number of benzene rings is 4. The molecule has 0 atom stereocenters. The second-order valence-corrected chi connectivity index (χ2v) is 17.5. The fourth-order valence-electron chi connectivity index (χ4n) is 4.81. The normalized spacial score (nSPS) is 12.4. The van der Waals surface area contributed by atoms with Crippen molar-refractivity contribution in [2.45, 2.75) is 26.9 Å². The fraction of sp³-hybridized carbons (Fsp3) is 0.226. The van der Waals surface area contributed by atoms with E-state index in [1.165, 1.54) is 15.9 Å². The van der Waals surface area contributed by atoms with E-state index in [0.29, 0.717) is 37.1 Å². The molecule has 0 bridgehead atoms. The van der Waals surface area contributed by atoms with Crippen LogP contribution < -0.4 is 30.1 Å². The Morgan fingerprint density at radius 3 is 1.25 bits per heavy atom. The molecule has 3 nitrogen and oxygen atoms in total. The SMILES string of the molecule is CCOc1cc(CP(Br)(c2ccccc2)(c2ccccc2)c2ccccc2)cc(OCC)c1OCC. The molecule has 36 heavy (non-hydrogen) atoms. The average molecular weight is 565 g/mol. The molecule has 4 rings (SSSR count). The van der Waals surface area contributed by atoms with Crippen molar-refractivity contribution in [1.82, 2.24) is 0 Å². The first kappa shape index (κ1) is 26.3. The zero-order valence-electron chi connectivity index (χ0n) is 21.2. The third kappa shape index (κ3) is 4.90. The van der Waals surface area contributed by atoms with Gasteiger partial charge in [-0.25, -0.2) is 0 Å². The predicted octanol–water partition coefficient (Wildman–Crippen LogP) is 7.22. The maximum absolute atomic E-state index is 6.08. The van der Waals surface area contributed by atoms with Gasteiger partial charge in [0.1, 0.15) is 0 Å². The van der Waals surface area contributed by atoms with Gasteiger partial charge >= 0.3 is 224 Å². The van der Waals surface area contributed by atoms with Crippen molar-refractivity contribution < 1.29 is 14.2 Å². The molecule has 0 saturated heterocycles. The fourth-order valence-corrected chi connectivity index (χ4v) is 12.5. The molecule has 0 N–H and O–H groups in total. The Bertz CT molecular complexity index is 1140. The van der Waals surface area contributed by atoms with Gasteiger partial charge in [-0.15, -0.1) is 0 Å². The van der Waals surface area contributed by atoms with Gasteiger partial charge in [-0.3, -0.25) is 0 Å². The van der Waals surface area contributed by atoms with E-state index in [1.54, 1.807) is 0 Å². The van der Waals surface area contributed by atoms with Gasteiger partial charge in [0.2, 0.25) is 0 Å². The second kappa shape index (κ2) is 11.5. The molecule has 0 radical (unpaired) electrons. The van der Waals surface area contributed by atoms with Gasteiger partial charge in [0.15, 0.2) is 0 Å². The molecular formula is C31H34BrO3P. The summed E-state index contributed by atoms with van der Waals surface area (Å²) in [5.41, 5.74) is 1.12. The van der Waals surface area contributed by atoms with E-state index in [2.05, 4.69) is 119 Å². The van der Waals surface area contributed by atoms with Gasteiger partial charge in [-0.05, 0) is 0 Å². The van der Waals surface area contributed by atoms with Crippen LogP contribution in [0.4, 0.5) is 0 Å². The van der Waals surface area contributed by atoms with E-state index < -0.39 is 5.31 Å². The van der Waals surface area contributed by atoms with Gasteiger partial charge in [0.25, 0.3) is 0 Å². The quantitative estimate of drug-likeness (QED) is 0.180. The molecule has 0 unspecified atom stereocenters. The molecule has 0 aliphatic heterocycles. The number of ether oxygens (including phenoxy) is 3. The summed E-state index contributed by atoms with van der Waals surface area (Å²) >= 11 is 4.55. The predicted molar refractivity (Wildman–Crippen MR) is 158 cm³/mol. The standard InChI is InChI=1S/C31H34BrO3P/c1-4-33-29-22-25(23-30(34-5-2)31(29)35-6-3)24-36(32,26-16-10-7-11-17-26,27-18-12-8-13-19-27)28-20-14-9-15-21-28/h7-23H,4-6,24H2,1-3H3. The van der Waals surface area contributed by atoms with Gasteiger partial charge in [-0.2, -0.15) is 0 Å². The summed E-state index contributed by atoms with van der Waals surface area (Å²) in [6.45, 7) is 7.59. The van der Waals surface area contributed by atoms with Gasteiger partial charge < -0.3 is 0 Å². The van der Waals surface area contributed by atoms with Crippen LogP contribution in [-0.4, -0.2) is 19.8 Å². The topological polar surface area (TPSA) is 27.7 Å². The molecule has 0 fully saturated rings. The van der Waals surface area contributed by atoms with Crippen LogP contribution in [0.1, 0.15) is 26.3 Å². The van der Waals surface area contributed by atoms with Crippen molar-refractivity contribution in [3.63, 3.8) is 0 Å². The molecule has 0 heterocycles. The molecule has 4 aromatic rings. The van der Waals surface area contributed by atoms with E-state index >= 15 is 0 Å². The number of hydrogen-bond donors (Lipinski definition) is 0.